The Morgan fingerprint density at radius 1 is 1.05 bits per heavy atom. The molecule has 1 atom stereocenters. The molecule has 1 saturated heterocycles. The summed E-state index contributed by atoms with van der Waals surface area (Å²) < 4.78 is 52.9. The van der Waals surface area contributed by atoms with Crippen LogP contribution < -0.4 is 10.2 Å². The summed E-state index contributed by atoms with van der Waals surface area (Å²) in [5.41, 5.74) is 2.01. The van der Waals surface area contributed by atoms with E-state index in [4.69, 9.17) is 11.6 Å². The number of halogens is 5. The van der Waals surface area contributed by atoms with Crippen LogP contribution in [0.2, 0.25) is 5.02 Å². The first-order chi connectivity index (χ1) is 19.2. The summed E-state index contributed by atoms with van der Waals surface area (Å²) in [6.07, 6.45) is 1.35. The topological polar surface area (TPSA) is 44.3 Å². The van der Waals surface area contributed by atoms with Gasteiger partial charge < -0.3 is 10.2 Å². The van der Waals surface area contributed by atoms with Crippen molar-refractivity contribution in [3.63, 3.8) is 0 Å². The molecule has 1 aliphatic heterocycles. The molecule has 0 spiro atoms. The third kappa shape index (κ3) is 5.75. The summed E-state index contributed by atoms with van der Waals surface area (Å²) >= 11 is 7.68. The van der Waals surface area contributed by atoms with Gasteiger partial charge >= 0.3 is 6.18 Å². The Labute approximate surface area is 238 Å². The average Bonchev–Trinajstić information content (AvgIpc) is 3.32. The fourth-order valence-electron chi connectivity index (χ4n) is 5.70. The van der Waals surface area contributed by atoms with Crippen molar-refractivity contribution in [2.75, 3.05) is 42.9 Å². The highest BCUT2D eigenvalue weighted by Gasteiger charge is 2.31. The Morgan fingerprint density at radius 3 is 2.65 bits per heavy atom. The van der Waals surface area contributed by atoms with Gasteiger partial charge in [-0.15, -0.1) is 11.3 Å². The summed E-state index contributed by atoms with van der Waals surface area (Å²) in [6.45, 7) is 4.11. The Morgan fingerprint density at radius 2 is 1.88 bits per heavy atom. The van der Waals surface area contributed by atoms with Gasteiger partial charge in [0.1, 0.15) is 22.8 Å². The van der Waals surface area contributed by atoms with Crippen LogP contribution in [0.1, 0.15) is 28.8 Å². The van der Waals surface area contributed by atoms with E-state index in [0.717, 1.165) is 74.7 Å². The first-order valence-electron chi connectivity index (χ1n) is 13.4. The number of hydrogen-bond donors (Lipinski definition) is 1. The van der Waals surface area contributed by atoms with Gasteiger partial charge in [-0.2, -0.15) is 13.2 Å². The first kappa shape index (κ1) is 27.2. The molecule has 1 unspecified atom stereocenters. The van der Waals surface area contributed by atoms with Crippen LogP contribution in [-0.2, 0) is 19.0 Å². The number of anilines is 3. The van der Waals surface area contributed by atoms with Gasteiger partial charge in [0.2, 0.25) is 0 Å². The predicted octanol–water partition coefficient (Wildman–Crippen LogP) is 7.56. The molecule has 0 saturated carbocycles. The number of thiophene rings is 1. The van der Waals surface area contributed by atoms with Crippen LogP contribution in [0.15, 0.2) is 48.8 Å². The monoisotopic (exact) mass is 589 g/mol. The van der Waals surface area contributed by atoms with Crippen molar-refractivity contribution >= 4 is 50.3 Å². The van der Waals surface area contributed by atoms with Crippen molar-refractivity contribution in [3.05, 3.63) is 75.6 Å². The number of aromatic nitrogens is 2. The van der Waals surface area contributed by atoms with Crippen LogP contribution in [0.3, 0.4) is 0 Å². The minimum Gasteiger partial charge on any atom is -0.369 e. The number of aryl methyl sites for hydroxylation is 1. The number of alkyl halides is 3. The third-order valence-electron chi connectivity index (χ3n) is 7.89. The number of piperazine rings is 1. The van der Waals surface area contributed by atoms with Crippen LogP contribution in [0, 0.1) is 11.7 Å². The standard InChI is InChI=1S/C29H28ClF4N5S/c30-23-16-20(5-7-24(23)31)37-27-26-22-6-4-18(14-25(22)40-28(26)36-17-35-27)8-9-38-10-12-39(13-11-38)21-3-1-2-19(15-21)29(32,33)34/h1-3,5,7,15-18H,4,6,8-14H2,(H,35,36,37). The normalized spacial score (nSPS) is 18.2. The Bertz CT molecular complexity index is 1520. The van der Waals surface area contributed by atoms with Crippen LogP contribution in [-0.4, -0.2) is 47.6 Å². The van der Waals surface area contributed by atoms with Gasteiger partial charge in [0, 0.05) is 42.4 Å². The largest absolute Gasteiger partial charge is 0.416 e. The molecule has 4 aromatic rings. The van der Waals surface area contributed by atoms with E-state index in [9.17, 15) is 17.6 Å². The summed E-state index contributed by atoms with van der Waals surface area (Å²) in [5, 5.41) is 4.39. The zero-order chi connectivity index (χ0) is 27.9. The maximum atomic E-state index is 13.6. The Balaban J connectivity index is 1.06. The minimum absolute atomic E-state index is 0.0579. The second kappa shape index (κ2) is 11.1. The lowest BCUT2D eigenvalue weighted by molar-refractivity contribution is -0.137. The molecule has 1 fully saturated rings. The fraction of sp³-hybridized carbons (Fsp3) is 0.379. The summed E-state index contributed by atoms with van der Waals surface area (Å²) in [6, 6.07) is 10.1. The number of nitrogens with zero attached hydrogens (tertiary/aromatic N) is 4. The molecule has 5 nitrogen and oxygen atoms in total. The van der Waals surface area contributed by atoms with Gasteiger partial charge in [-0.25, -0.2) is 14.4 Å². The fourth-order valence-corrected chi connectivity index (χ4v) is 7.19. The van der Waals surface area contributed by atoms with Gasteiger partial charge in [-0.05, 0) is 80.1 Å². The molecule has 6 rings (SSSR count). The van der Waals surface area contributed by atoms with E-state index >= 15 is 0 Å². The Hall–Kier alpha value is -2.95. The highest BCUT2D eigenvalue weighted by atomic mass is 35.5. The number of benzene rings is 2. The number of nitrogens with one attached hydrogen (secondary N) is 1. The molecule has 0 radical (unpaired) electrons. The second-order valence-electron chi connectivity index (χ2n) is 10.4. The molecule has 0 amide bonds. The number of fused-ring (bicyclic) bond motifs is 3. The molecule has 2 aromatic carbocycles. The van der Waals surface area contributed by atoms with Crippen molar-refractivity contribution in [3.8, 4) is 0 Å². The highest BCUT2D eigenvalue weighted by Crippen LogP contribution is 2.41. The summed E-state index contributed by atoms with van der Waals surface area (Å²) in [7, 11) is 0. The average molecular weight is 590 g/mol. The van der Waals surface area contributed by atoms with E-state index in [1.165, 1.54) is 28.6 Å². The van der Waals surface area contributed by atoms with Crippen molar-refractivity contribution < 1.29 is 17.6 Å². The van der Waals surface area contributed by atoms with Crippen LogP contribution in [0.4, 0.5) is 34.8 Å². The van der Waals surface area contributed by atoms with Crippen LogP contribution in [0.5, 0.6) is 0 Å². The highest BCUT2D eigenvalue weighted by molar-refractivity contribution is 7.19. The minimum atomic E-state index is -4.33. The van der Waals surface area contributed by atoms with Crippen molar-refractivity contribution in [1.82, 2.24) is 14.9 Å². The zero-order valence-electron chi connectivity index (χ0n) is 21.6. The van der Waals surface area contributed by atoms with Crippen LogP contribution >= 0.6 is 22.9 Å². The number of rotatable bonds is 6. The van der Waals surface area contributed by atoms with E-state index in [2.05, 4.69) is 20.2 Å². The molecule has 3 heterocycles. The van der Waals surface area contributed by atoms with Gasteiger partial charge in [-0.3, -0.25) is 4.90 Å². The molecule has 1 N–H and O–H groups in total. The predicted molar refractivity (Wildman–Crippen MR) is 152 cm³/mol. The van der Waals surface area contributed by atoms with Gasteiger partial charge in [-0.1, -0.05) is 17.7 Å². The maximum absolute atomic E-state index is 13.6. The van der Waals surface area contributed by atoms with Gasteiger partial charge in [0.05, 0.1) is 16.0 Å². The molecule has 2 aromatic heterocycles. The van der Waals surface area contributed by atoms with Crippen LogP contribution in [0.25, 0.3) is 10.2 Å². The molecular weight excluding hydrogens is 562 g/mol. The van der Waals surface area contributed by atoms with E-state index in [0.29, 0.717) is 23.1 Å². The Kier molecular flexibility index (Phi) is 7.58. The van der Waals surface area contributed by atoms with Gasteiger partial charge in [0.15, 0.2) is 0 Å². The zero-order valence-corrected chi connectivity index (χ0v) is 23.2. The molecule has 2 aliphatic rings. The quantitative estimate of drug-likeness (QED) is 0.235. The first-order valence-corrected chi connectivity index (χ1v) is 14.6. The third-order valence-corrected chi connectivity index (χ3v) is 9.35. The maximum Gasteiger partial charge on any atom is 0.416 e. The van der Waals surface area contributed by atoms with E-state index < -0.39 is 17.6 Å². The van der Waals surface area contributed by atoms with E-state index in [-0.39, 0.29) is 5.02 Å². The number of hydrogen-bond acceptors (Lipinski definition) is 6. The van der Waals surface area contributed by atoms with Crippen molar-refractivity contribution in [2.24, 2.45) is 5.92 Å². The lowest BCUT2D eigenvalue weighted by Crippen LogP contribution is -2.47. The second-order valence-corrected chi connectivity index (χ2v) is 11.9. The molecule has 210 valence electrons. The molecular formula is C29H28ClF4N5S. The lowest BCUT2D eigenvalue weighted by atomic mass is 9.85. The van der Waals surface area contributed by atoms with E-state index in [1.807, 2.05) is 4.90 Å². The smallest absolute Gasteiger partial charge is 0.369 e. The van der Waals surface area contributed by atoms with Crippen molar-refractivity contribution in [2.45, 2.75) is 31.9 Å². The SMILES string of the molecule is Fc1ccc(Nc2ncnc3sc4c(c23)CCC(CCN2CCN(c3cccc(C(F)(F)F)c3)CC2)C4)cc1Cl. The molecule has 11 heteroatoms. The van der Waals surface area contributed by atoms with Crippen molar-refractivity contribution in [1.29, 1.82) is 0 Å². The molecule has 0 bridgehead atoms. The lowest BCUT2D eigenvalue weighted by Gasteiger charge is -2.37. The summed E-state index contributed by atoms with van der Waals surface area (Å²) in [4.78, 5) is 15.8. The summed E-state index contributed by atoms with van der Waals surface area (Å²) in [5.74, 6) is 0.821. The van der Waals surface area contributed by atoms with Gasteiger partial charge in [0.25, 0.3) is 0 Å². The molecule has 40 heavy (non-hydrogen) atoms. The molecule has 1 aliphatic carbocycles. The van der Waals surface area contributed by atoms with E-state index in [1.54, 1.807) is 35.9 Å².